The minimum absolute atomic E-state index is 0.157. The molecule has 2 aromatic rings. The van der Waals surface area contributed by atoms with Gasteiger partial charge in [0.2, 0.25) is 11.8 Å². The number of imide groups is 1. The number of carbonyl (C=O) groups excluding carboxylic acids is 3. The van der Waals surface area contributed by atoms with Gasteiger partial charge in [-0.2, -0.15) is 0 Å². The summed E-state index contributed by atoms with van der Waals surface area (Å²) in [6.45, 7) is 5.72. The monoisotopic (exact) mass is 459 g/mol. The van der Waals surface area contributed by atoms with E-state index in [9.17, 15) is 24.5 Å². The third kappa shape index (κ3) is 3.01. The summed E-state index contributed by atoms with van der Waals surface area (Å²) in [5.74, 6) is -2.52. The normalized spacial score (nSPS) is 26.0. The quantitative estimate of drug-likeness (QED) is 0.291. The Morgan fingerprint density at radius 3 is 2.50 bits per heavy atom. The lowest BCUT2D eigenvalue weighted by atomic mass is 9.85. The Hall–Kier alpha value is -3.81. The van der Waals surface area contributed by atoms with E-state index in [-0.39, 0.29) is 29.1 Å². The van der Waals surface area contributed by atoms with Crippen LogP contribution in [0.1, 0.15) is 43.1 Å². The maximum Gasteiger partial charge on any atom is 0.270 e. The van der Waals surface area contributed by atoms with Crippen LogP contribution < -0.4 is 4.90 Å². The minimum Gasteiger partial charge on any atom is -0.352 e. The highest BCUT2D eigenvalue weighted by molar-refractivity contribution is 6.14. The van der Waals surface area contributed by atoms with E-state index in [1.807, 2.05) is 56.0 Å². The molecule has 174 valence electrons. The number of anilines is 1. The van der Waals surface area contributed by atoms with Crippen molar-refractivity contribution < 1.29 is 19.3 Å². The molecule has 0 aliphatic carbocycles. The fraction of sp³-hybridized carbons (Fsp3) is 0.346. The molecule has 3 heterocycles. The van der Waals surface area contributed by atoms with Crippen molar-refractivity contribution >= 4 is 34.5 Å². The van der Waals surface area contributed by atoms with Crippen LogP contribution in [-0.4, -0.2) is 45.5 Å². The highest BCUT2D eigenvalue weighted by atomic mass is 16.6. The van der Waals surface area contributed by atoms with Crippen LogP contribution in [0.2, 0.25) is 0 Å². The molecule has 2 fully saturated rings. The van der Waals surface area contributed by atoms with E-state index in [1.54, 1.807) is 0 Å². The van der Waals surface area contributed by atoms with Gasteiger partial charge in [0.15, 0.2) is 5.78 Å². The van der Waals surface area contributed by atoms with Crippen molar-refractivity contribution in [1.82, 2.24) is 4.90 Å². The zero-order chi connectivity index (χ0) is 24.3. The molecule has 0 aromatic heterocycles. The third-order valence-electron chi connectivity index (χ3n) is 7.43. The lowest BCUT2D eigenvalue weighted by molar-refractivity contribution is -0.384. The number of carbonyl (C=O) groups is 3. The predicted octanol–water partition coefficient (Wildman–Crippen LogP) is 3.85. The topological polar surface area (TPSA) is 101 Å². The average Bonchev–Trinajstić information content (AvgIpc) is 3.31. The number of amides is 2. The van der Waals surface area contributed by atoms with Gasteiger partial charge in [-0.15, -0.1) is 0 Å². The van der Waals surface area contributed by atoms with Crippen LogP contribution in [0.25, 0.3) is 5.57 Å². The third-order valence-corrected chi connectivity index (χ3v) is 7.43. The number of benzene rings is 2. The molecule has 0 N–H and O–H groups in total. The van der Waals surface area contributed by atoms with Crippen molar-refractivity contribution in [3.63, 3.8) is 0 Å². The van der Waals surface area contributed by atoms with Crippen LogP contribution in [0.5, 0.6) is 0 Å². The van der Waals surface area contributed by atoms with Crippen LogP contribution in [-0.2, 0) is 9.59 Å². The summed E-state index contributed by atoms with van der Waals surface area (Å²) in [5.41, 5.74) is 2.68. The highest BCUT2D eigenvalue weighted by Crippen LogP contribution is 2.50. The van der Waals surface area contributed by atoms with Crippen molar-refractivity contribution in [2.24, 2.45) is 11.8 Å². The summed E-state index contributed by atoms with van der Waals surface area (Å²) in [6.07, 6.45) is 2.60. The standard InChI is InChI=1S/C26H25N3O5/c1-4-15(3)27-25(31)21-20-12-14(2)18-10-5-6-11-19(18)28(20)23(22(21)26(27)32)24(30)16-8-7-9-17(13-16)29(33)34/h5-13,15,20-23H,4H2,1-3H3/t15-,20+,21-,22+,23+/m0/s1. The molecule has 8 nitrogen and oxygen atoms in total. The van der Waals surface area contributed by atoms with Gasteiger partial charge in [0, 0.05) is 35.0 Å². The SMILES string of the molecule is CC[C@H](C)N1C(=O)[C@@H]2[C@@H](C1=O)[C@H](C(=O)c1cccc([N+](=O)[O-])c1)N1c3ccccc3C(C)=C[C@H]21. The Labute approximate surface area is 197 Å². The Bertz CT molecular complexity index is 1270. The highest BCUT2D eigenvalue weighted by Gasteiger charge is 2.64. The molecule has 34 heavy (non-hydrogen) atoms. The molecule has 5 atom stereocenters. The molecule has 3 aliphatic rings. The number of ketones is 1. The molecule has 0 spiro atoms. The molecule has 8 heteroatoms. The smallest absolute Gasteiger partial charge is 0.270 e. The van der Waals surface area contributed by atoms with Crippen molar-refractivity contribution in [2.75, 3.05) is 4.90 Å². The second-order valence-corrected chi connectivity index (χ2v) is 9.24. The number of para-hydroxylation sites is 1. The minimum atomic E-state index is -0.937. The number of hydrogen-bond acceptors (Lipinski definition) is 6. The molecule has 2 amide bonds. The van der Waals surface area contributed by atoms with Crippen molar-refractivity contribution in [1.29, 1.82) is 0 Å². The van der Waals surface area contributed by atoms with Crippen molar-refractivity contribution in [3.8, 4) is 0 Å². The number of nitro benzene ring substituents is 1. The van der Waals surface area contributed by atoms with E-state index in [0.717, 1.165) is 16.8 Å². The number of nitrogens with zero attached hydrogens (tertiary/aromatic N) is 3. The largest absolute Gasteiger partial charge is 0.352 e. The molecule has 0 radical (unpaired) electrons. The number of Topliss-reactive ketones (excluding diaryl/α,β-unsaturated/α-hetero) is 1. The van der Waals surface area contributed by atoms with Gasteiger partial charge in [0.25, 0.3) is 5.69 Å². The number of nitro groups is 1. The van der Waals surface area contributed by atoms with E-state index >= 15 is 0 Å². The number of non-ortho nitro benzene ring substituents is 1. The van der Waals surface area contributed by atoms with Crippen LogP contribution in [0, 0.1) is 22.0 Å². The van der Waals surface area contributed by atoms with Crippen LogP contribution >= 0.6 is 0 Å². The molecule has 5 rings (SSSR count). The molecular weight excluding hydrogens is 434 g/mol. The summed E-state index contributed by atoms with van der Waals surface area (Å²) in [5, 5.41) is 11.3. The van der Waals surface area contributed by atoms with E-state index < -0.39 is 34.6 Å². The van der Waals surface area contributed by atoms with Gasteiger partial charge in [-0.05, 0) is 31.9 Å². The summed E-state index contributed by atoms with van der Waals surface area (Å²) >= 11 is 0. The van der Waals surface area contributed by atoms with Crippen LogP contribution in [0.15, 0.2) is 54.6 Å². The van der Waals surface area contributed by atoms with Crippen molar-refractivity contribution in [3.05, 3.63) is 75.8 Å². The number of likely N-dealkylation sites (tertiary alicyclic amines) is 1. The van der Waals surface area contributed by atoms with E-state index in [4.69, 9.17) is 0 Å². The Morgan fingerprint density at radius 2 is 1.79 bits per heavy atom. The lowest BCUT2D eigenvalue weighted by Gasteiger charge is -2.38. The fourth-order valence-corrected chi connectivity index (χ4v) is 5.68. The van der Waals surface area contributed by atoms with Gasteiger partial charge in [-0.1, -0.05) is 43.3 Å². The van der Waals surface area contributed by atoms with Gasteiger partial charge in [0.05, 0.1) is 22.8 Å². The lowest BCUT2D eigenvalue weighted by Crippen LogP contribution is -2.50. The van der Waals surface area contributed by atoms with Gasteiger partial charge in [0.1, 0.15) is 6.04 Å². The number of fused-ring (bicyclic) bond motifs is 5. The predicted molar refractivity (Wildman–Crippen MR) is 126 cm³/mol. The van der Waals surface area contributed by atoms with E-state index in [0.29, 0.717) is 6.42 Å². The van der Waals surface area contributed by atoms with E-state index in [1.165, 1.54) is 29.2 Å². The summed E-state index contributed by atoms with van der Waals surface area (Å²) in [4.78, 5) is 55.2. The summed E-state index contributed by atoms with van der Waals surface area (Å²) < 4.78 is 0. The number of allylic oxidation sites excluding steroid dienone is 1. The second kappa shape index (κ2) is 7.90. The first-order valence-electron chi connectivity index (χ1n) is 11.5. The van der Waals surface area contributed by atoms with Gasteiger partial charge in [-0.3, -0.25) is 29.4 Å². The first-order valence-corrected chi connectivity index (χ1v) is 11.5. The van der Waals surface area contributed by atoms with Crippen LogP contribution in [0.3, 0.4) is 0 Å². The second-order valence-electron chi connectivity index (χ2n) is 9.24. The molecule has 2 saturated heterocycles. The first-order chi connectivity index (χ1) is 16.3. The summed E-state index contributed by atoms with van der Waals surface area (Å²) in [6, 6.07) is 11.5. The van der Waals surface area contributed by atoms with Gasteiger partial charge < -0.3 is 4.90 Å². The molecular formula is C26H25N3O5. The molecule has 2 aromatic carbocycles. The van der Waals surface area contributed by atoms with Crippen molar-refractivity contribution in [2.45, 2.75) is 45.3 Å². The van der Waals surface area contributed by atoms with Gasteiger partial charge in [-0.25, -0.2) is 0 Å². The fourth-order valence-electron chi connectivity index (χ4n) is 5.68. The summed E-state index contributed by atoms with van der Waals surface area (Å²) in [7, 11) is 0. The number of hydrogen-bond donors (Lipinski definition) is 0. The van der Waals surface area contributed by atoms with E-state index in [2.05, 4.69) is 0 Å². The molecule has 0 bridgehead atoms. The maximum absolute atomic E-state index is 13.9. The molecule has 3 aliphatic heterocycles. The van der Waals surface area contributed by atoms with Crippen LogP contribution in [0.4, 0.5) is 11.4 Å². The Morgan fingerprint density at radius 1 is 1.09 bits per heavy atom. The zero-order valence-corrected chi connectivity index (χ0v) is 19.2. The molecule has 0 saturated carbocycles. The number of rotatable bonds is 5. The molecule has 0 unspecified atom stereocenters. The maximum atomic E-state index is 13.9. The Kier molecular flexibility index (Phi) is 5.11. The average molecular weight is 460 g/mol. The zero-order valence-electron chi connectivity index (χ0n) is 19.2. The first kappa shape index (κ1) is 22.0. The Balaban J connectivity index is 1.68. The van der Waals surface area contributed by atoms with Gasteiger partial charge >= 0.3 is 0 Å².